The van der Waals surface area contributed by atoms with E-state index >= 15 is 0 Å². The normalized spacial score (nSPS) is 6.91. The van der Waals surface area contributed by atoms with Gasteiger partial charge in [0.2, 0.25) is 0 Å². The van der Waals surface area contributed by atoms with E-state index in [0.29, 0.717) is 0 Å². The first-order valence-electron chi connectivity index (χ1n) is 3.83. The second-order valence-electron chi connectivity index (χ2n) is 1.34. The molecule has 3 nitrogen and oxygen atoms in total. The maximum Gasteiger partial charge on any atom is 0.0919 e. The average molecular weight is 158 g/mol. The van der Waals surface area contributed by atoms with Crippen molar-refractivity contribution >= 4 is 0 Å². The second-order valence-corrected chi connectivity index (χ2v) is 1.34. The molecule has 0 saturated heterocycles. The smallest absolute Gasteiger partial charge is 0.0919 e. The van der Waals surface area contributed by atoms with Crippen LogP contribution in [0.4, 0.5) is 0 Å². The molecule has 0 radical (unpaired) electrons. The number of aromatic amines is 1. The number of imidazole rings is 1. The van der Waals surface area contributed by atoms with Gasteiger partial charge in [0, 0.05) is 26.1 Å². The Hall–Kier alpha value is -0.830. The van der Waals surface area contributed by atoms with Crippen molar-refractivity contribution in [3.8, 4) is 0 Å². The van der Waals surface area contributed by atoms with E-state index in [1.54, 1.807) is 25.8 Å². The van der Waals surface area contributed by atoms with E-state index in [1.165, 1.54) is 0 Å². The van der Waals surface area contributed by atoms with Crippen molar-refractivity contribution in [1.82, 2.24) is 9.97 Å². The molecule has 0 bridgehead atoms. The van der Waals surface area contributed by atoms with Gasteiger partial charge in [0.1, 0.15) is 0 Å². The third-order valence-corrected chi connectivity index (χ3v) is 0.695. The number of nitrogens with zero attached hydrogens (tertiary/aromatic N) is 1. The van der Waals surface area contributed by atoms with E-state index < -0.39 is 0 Å². The number of H-pyrrole nitrogens is 1. The molecule has 1 aromatic heterocycles. The van der Waals surface area contributed by atoms with E-state index in [2.05, 4.69) is 14.7 Å². The van der Waals surface area contributed by atoms with Gasteiger partial charge < -0.3 is 9.72 Å². The number of rotatable bonds is 1. The molecule has 1 rings (SSSR count). The maximum absolute atomic E-state index is 4.54. The van der Waals surface area contributed by atoms with Gasteiger partial charge in [-0.05, 0) is 6.92 Å². The Labute approximate surface area is 68.8 Å². The van der Waals surface area contributed by atoms with Gasteiger partial charge in [-0.25, -0.2) is 4.98 Å². The first kappa shape index (κ1) is 12.8. The monoisotopic (exact) mass is 158 g/mol. The van der Waals surface area contributed by atoms with Crippen molar-refractivity contribution in [2.24, 2.45) is 0 Å². The minimum Gasteiger partial charge on any atom is -0.385 e. The Morgan fingerprint density at radius 3 is 2.09 bits per heavy atom. The summed E-state index contributed by atoms with van der Waals surface area (Å²) in [6.07, 6.45) is 5.08. The van der Waals surface area contributed by atoms with Gasteiger partial charge in [-0.2, -0.15) is 0 Å². The highest BCUT2D eigenvalue weighted by Gasteiger charge is 1.56. The molecule has 66 valence electrons. The van der Waals surface area contributed by atoms with Gasteiger partial charge in [0.25, 0.3) is 0 Å². The number of nitrogens with one attached hydrogen (secondary N) is 1. The molecule has 0 aliphatic carbocycles. The lowest BCUT2D eigenvalue weighted by Crippen LogP contribution is -1.73. The number of hydrogen-bond donors (Lipinski definition) is 1. The SMILES string of the molecule is CC.CCOC.c1c[nH]cn1. The zero-order valence-electron chi connectivity index (χ0n) is 7.79. The first-order chi connectivity index (χ1) is 5.41. The zero-order valence-corrected chi connectivity index (χ0v) is 7.79. The lowest BCUT2D eigenvalue weighted by molar-refractivity contribution is 0.215. The molecule has 0 amide bonds. The lowest BCUT2D eigenvalue weighted by atomic mass is 10.9. The van der Waals surface area contributed by atoms with Crippen LogP contribution in [-0.4, -0.2) is 23.7 Å². The lowest BCUT2D eigenvalue weighted by Gasteiger charge is -1.76. The summed E-state index contributed by atoms with van der Waals surface area (Å²) in [5.74, 6) is 0. The summed E-state index contributed by atoms with van der Waals surface area (Å²) >= 11 is 0. The Bertz CT molecular complexity index is 87.6. The van der Waals surface area contributed by atoms with Gasteiger partial charge >= 0.3 is 0 Å². The van der Waals surface area contributed by atoms with Crippen LogP contribution < -0.4 is 0 Å². The molecule has 0 spiro atoms. The summed E-state index contributed by atoms with van der Waals surface area (Å²) in [6, 6.07) is 0. The van der Waals surface area contributed by atoms with Crippen LogP contribution in [-0.2, 0) is 4.74 Å². The van der Waals surface area contributed by atoms with Crippen LogP contribution in [0.15, 0.2) is 18.7 Å². The largest absolute Gasteiger partial charge is 0.385 e. The quantitative estimate of drug-likeness (QED) is 0.679. The van der Waals surface area contributed by atoms with Crippen molar-refractivity contribution in [2.75, 3.05) is 13.7 Å². The third-order valence-electron chi connectivity index (χ3n) is 0.695. The zero-order chi connectivity index (χ0) is 8.95. The van der Waals surface area contributed by atoms with Crippen LogP contribution in [0.2, 0.25) is 0 Å². The molecule has 1 heterocycles. The van der Waals surface area contributed by atoms with Crippen LogP contribution in [0.3, 0.4) is 0 Å². The minimum absolute atomic E-state index is 0.819. The van der Waals surface area contributed by atoms with E-state index in [9.17, 15) is 0 Å². The predicted molar refractivity (Wildman–Crippen MR) is 47.5 cm³/mol. The molecule has 0 fully saturated rings. The number of aromatic nitrogens is 2. The van der Waals surface area contributed by atoms with Crippen LogP contribution in [0.5, 0.6) is 0 Å². The average Bonchev–Trinajstić information content (AvgIpc) is 2.65. The molecule has 0 aromatic carbocycles. The third kappa shape index (κ3) is 17.6. The highest BCUT2D eigenvalue weighted by Crippen LogP contribution is 1.62. The van der Waals surface area contributed by atoms with Crippen LogP contribution in [0.25, 0.3) is 0 Å². The number of methoxy groups -OCH3 is 1. The maximum atomic E-state index is 4.54. The fourth-order valence-electron chi connectivity index (χ4n) is 0.215. The van der Waals surface area contributed by atoms with E-state index in [0.717, 1.165) is 6.61 Å². The van der Waals surface area contributed by atoms with Crippen molar-refractivity contribution in [1.29, 1.82) is 0 Å². The summed E-state index contributed by atoms with van der Waals surface area (Å²) in [5, 5.41) is 0. The fourth-order valence-corrected chi connectivity index (χ4v) is 0.215. The highest BCUT2D eigenvalue weighted by atomic mass is 16.5. The molecule has 1 aromatic rings. The molecule has 0 unspecified atom stereocenters. The van der Waals surface area contributed by atoms with Gasteiger partial charge in [-0.15, -0.1) is 0 Å². The van der Waals surface area contributed by atoms with Gasteiger partial charge in [-0.3, -0.25) is 0 Å². The van der Waals surface area contributed by atoms with Crippen LogP contribution >= 0.6 is 0 Å². The molecule has 1 N–H and O–H groups in total. The van der Waals surface area contributed by atoms with Crippen LogP contribution in [0.1, 0.15) is 20.8 Å². The minimum atomic E-state index is 0.819. The van der Waals surface area contributed by atoms with E-state index in [-0.39, 0.29) is 0 Å². The molecule has 0 aliphatic rings. The molecule has 11 heavy (non-hydrogen) atoms. The topological polar surface area (TPSA) is 37.9 Å². The van der Waals surface area contributed by atoms with Crippen molar-refractivity contribution < 1.29 is 4.74 Å². The standard InChI is InChI=1S/C3H4N2.C3H8O.C2H6/c1-2-5-3-4-1;1-3-4-2;1-2/h1-3H,(H,4,5);3H2,1-2H3;1-2H3. The fraction of sp³-hybridized carbons (Fsp3) is 0.625. The Balaban J connectivity index is 0. The second kappa shape index (κ2) is 16.1. The summed E-state index contributed by atoms with van der Waals surface area (Å²) in [6.45, 7) is 6.78. The number of ether oxygens (including phenoxy) is 1. The summed E-state index contributed by atoms with van der Waals surface area (Å²) in [4.78, 5) is 6.42. The molecule has 0 atom stereocenters. The van der Waals surface area contributed by atoms with Crippen molar-refractivity contribution in [3.05, 3.63) is 18.7 Å². The molecule has 0 saturated carbocycles. The first-order valence-corrected chi connectivity index (χ1v) is 3.83. The Kier molecular flexibility index (Phi) is 18.7. The molecular weight excluding hydrogens is 140 g/mol. The summed E-state index contributed by atoms with van der Waals surface area (Å²) in [7, 11) is 1.68. The Morgan fingerprint density at radius 2 is 2.00 bits per heavy atom. The molecule has 3 heteroatoms. The highest BCUT2D eigenvalue weighted by molar-refractivity contribution is 4.64. The van der Waals surface area contributed by atoms with Crippen molar-refractivity contribution in [2.45, 2.75) is 20.8 Å². The van der Waals surface area contributed by atoms with E-state index in [4.69, 9.17) is 0 Å². The predicted octanol–water partition coefficient (Wildman–Crippen LogP) is 2.09. The van der Waals surface area contributed by atoms with Gasteiger partial charge in [0.05, 0.1) is 6.33 Å². The number of hydrogen-bond acceptors (Lipinski definition) is 2. The van der Waals surface area contributed by atoms with Gasteiger partial charge in [0.15, 0.2) is 0 Å². The van der Waals surface area contributed by atoms with Gasteiger partial charge in [-0.1, -0.05) is 13.8 Å². The Morgan fingerprint density at radius 1 is 1.45 bits per heavy atom. The summed E-state index contributed by atoms with van der Waals surface area (Å²) < 4.78 is 4.54. The molecule has 0 aliphatic heterocycles. The van der Waals surface area contributed by atoms with Crippen molar-refractivity contribution in [3.63, 3.8) is 0 Å². The summed E-state index contributed by atoms with van der Waals surface area (Å²) in [5.41, 5.74) is 0. The molecular formula is C8H18N2O. The van der Waals surface area contributed by atoms with Crippen LogP contribution in [0, 0.1) is 0 Å². The van der Waals surface area contributed by atoms with E-state index in [1.807, 2.05) is 20.8 Å².